The van der Waals surface area contributed by atoms with Crippen molar-refractivity contribution in [2.24, 2.45) is 10.9 Å². The minimum atomic E-state index is 0.447. The number of aromatic nitrogens is 3. The normalized spacial score (nSPS) is 15.9. The summed E-state index contributed by atoms with van der Waals surface area (Å²) in [7, 11) is 1.65. The summed E-state index contributed by atoms with van der Waals surface area (Å²) in [6, 6.07) is 7.70. The molecule has 3 rings (SSSR count). The lowest BCUT2D eigenvalue weighted by atomic mass is 9.99. The van der Waals surface area contributed by atoms with Gasteiger partial charge in [-0.1, -0.05) is 6.92 Å². The molecule has 0 atom stereocenters. The summed E-state index contributed by atoms with van der Waals surface area (Å²) in [5, 5.41) is 14.0. The molecule has 1 aliphatic rings. The number of piperidine rings is 1. The maximum absolute atomic E-state index is 5.19. The minimum absolute atomic E-state index is 0.447. The number of H-pyrrole nitrogens is 1. The predicted octanol–water partition coefficient (Wildman–Crippen LogP) is 2.66. The molecule has 0 radical (unpaired) electrons. The fraction of sp³-hybridized carbons (Fsp3) is 0.591. The molecule has 2 aromatic rings. The van der Waals surface area contributed by atoms with Crippen LogP contribution in [0.5, 0.6) is 5.75 Å². The van der Waals surface area contributed by atoms with Crippen LogP contribution in [0.4, 0.5) is 0 Å². The SMILES string of the molecule is CCNC(=NCc1nc(-c2ccc(OC)cc2)n[nH]1)NCCCN1CCC(C)CC1. The third-order valence-corrected chi connectivity index (χ3v) is 5.43. The summed E-state index contributed by atoms with van der Waals surface area (Å²) in [5.41, 5.74) is 0.944. The zero-order chi connectivity index (χ0) is 21.2. The number of guanidine groups is 1. The van der Waals surface area contributed by atoms with Crippen molar-refractivity contribution in [2.45, 2.75) is 39.7 Å². The van der Waals surface area contributed by atoms with Crippen LogP contribution in [-0.2, 0) is 6.54 Å². The van der Waals surface area contributed by atoms with E-state index in [9.17, 15) is 0 Å². The molecule has 0 bridgehead atoms. The van der Waals surface area contributed by atoms with Crippen LogP contribution in [0.15, 0.2) is 29.3 Å². The average Bonchev–Trinajstić information content (AvgIpc) is 3.25. The van der Waals surface area contributed by atoms with Gasteiger partial charge in [0.15, 0.2) is 11.8 Å². The Hall–Kier alpha value is -2.61. The summed E-state index contributed by atoms with van der Waals surface area (Å²) in [5.74, 6) is 3.91. The molecule has 2 heterocycles. The maximum atomic E-state index is 5.19. The molecular formula is C22H35N7O. The molecule has 1 aromatic heterocycles. The van der Waals surface area contributed by atoms with Gasteiger partial charge in [0.05, 0.1) is 7.11 Å². The van der Waals surface area contributed by atoms with Gasteiger partial charge in [0.2, 0.25) is 0 Å². The van der Waals surface area contributed by atoms with Gasteiger partial charge in [-0.25, -0.2) is 9.98 Å². The number of ether oxygens (including phenoxy) is 1. The first-order chi connectivity index (χ1) is 14.7. The van der Waals surface area contributed by atoms with Crippen LogP contribution in [0.1, 0.15) is 38.9 Å². The number of hydrogen-bond acceptors (Lipinski definition) is 5. The standard InChI is InChI=1S/C22H35N7O/c1-4-23-22(24-12-5-13-29-14-10-17(2)11-15-29)25-16-20-26-21(28-27-20)18-6-8-19(30-3)9-7-18/h6-9,17H,4-5,10-16H2,1-3H3,(H2,23,24,25)(H,26,27,28). The molecule has 8 heteroatoms. The number of aliphatic imine (C=N–C) groups is 1. The van der Waals surface area contributed by atoms with E-state index in [0.29, 0.717) is 12.4 Å². The van der Waals surface area contributed by atoms with Gasteiger partial charge < -0.3 is 20.3 Å². The van der Waals surface area contributed by atoms with Gasteiger partial charge in [-0.15, -0.1) is 0 Å². The Morgan fingerprint density at radius 2 is 2.00 bits per heavy atom. The van der Waals surface area contributed by atoms with Gasteiger partial charge in [-0.3, -0.25) is 5.10 Å². The first-order valence-electron chi connectivity index (χ1n) is 11.0. The highest BCUT2D eigenvalue weighted by Gasteiger charge is 2.14. The summed E-state index contributed by atoms with van der Waals surface area (Å²) in [6.07, 6.45) is 3.77. The van der Waals surface area contributed by atoms with Crippen molar-refractivity contribution in [3.63, 3.8) is 0 Å². The van der Waals surface area contributed by atoms with Crippen molar-refractivity contribution in [3.8, 4) is 17.1 Å². The summed E-state index contributed by atoms with van der Waals surface area (Å²) >= 11 is 0. The van der Waals surface area contributed by atoms with Crippen molar-refractivity contribution >= 4 is 5.96 Å². The fourth-order valence-electron chi connectivity index (χ4n) is 3.53. The lowest BCUT2D eigenvalue weighted by molar-refractivity contribution is 0.191. The lowest BCUT2D eigenvalue weighted by Gasteiger charge is -2.30. The maximum Gasteiger partial charge on any atom is 0.191 e. The first kappa shape index (κ1) is 22.1. The molecule has 1 fully saturated rings. The van der Waals surface area contributed by atoms with Crippen molar-refractivity contribution in [1.82, 2.24) is 30.7 Å². The van der Waals surface area contributed by atoms with Crippen molar-refractivity contribution in [2.75, 3.05) is 39.8 Å². The zero-order valence-electron chi connectivity index (χ0n) is 18.4. The Balaban J connectivity index is 1.46. The van der Waals surface area contributed by atoms with E-state index in [0.717, 1.165) is 55.1 Å². The zero-order valence-corrected chi connectivity index (χ0v) is 18.4. The van der Waals surface area contributed by atoms with Crippen LogP contribution in [-0.4, -0.2) is 65.9 Å². The van der Waals surface area contributed by atoms with E-state index < -0.39 is 0 Å². The Kier molecular flexibility index (Phi) is 8.50. The molecule has 30 heavy (non-hydrogen) atoms. The highest BCUT2D eigenvalue weighted by Crippen LogP contribution is 2.19. The van der Waals surface area contributed by atoms with Crippen LogP contribution in [0.2, 0.25) is 0 Å². The Labute approximate surface area is 179 Å². The number of rotatable bonds is 9. The molecule has 0 saturated carbocycles. The van der Waals surface area contributed by atoms with Crippen molar-refractivity contribution in [1.29, 1.82) is 0 Å². The van der Waals surface area contributed by atoms with E-state index in [2.05, 4.69) is 49.6 Å². The Bertz CT molecular complexity index is 779. The number of nitrogens with one attached hydrogen (secondary N) is 3. The minimum Gasteiger partial charge on any atom is -0.497 e. The lowest BCUT2D eigenvalue weighted by Crippen LogP contribution is -2.39. The van der Waals surface area contributed by atoms with E-state index in [-0.39, 0.29) is 0 Å². The van der Waals surface area contributed by atoms with E-state index in [4.69, 9.17) is 4.74 Å². The van der Waals surface area contributed by atoms with Crippen LogP contribution in [0.25, 0.3) is 11.4 Å². The number of hydrogen-bond donors (Lipinski definition) is 3. The predicted molar refractivity (Wildman–Crippen MR) is 121 cm³/mol. The molecule has 1 saturated heterocycles. The van der Waals surface area contributed by atoms with Crippen LogP contribution >= 0.6 is 0 Å². The Morgan fingerprint density at radius 1 is 1.23 bits per heavy atom. The summed E-state index contributed by atoms with van der Waals surface area (Å²) < 4.78 is 5.19. The second-order valence-electron chi connectivity index (χ2n) is 7.83. The highest BCUT2D eigenvalue weighted by atomic mass is 16.5. The molecule has 0 spiro atoms. The smallest absolute Gasteiger partial charge is 0.191 e. The number of methoxy groups -OCH3 is 1. The number of likely N-dealkylation sites (tertiary alicyclic amines) is 1. The van der Waals surface area contributed by atoms with Gasteiger partial charge in [-0.2, -0.15) is 5.10 Å². The van der Waals surface area contributed by atoms with Crippen LogP contribution in [0, 0.1) is 5.92 Å². The molecule has 0 aliphatic carbocycles. The van der Waals surface area contributed by atoms with E-state index in [1.807, 2.05) is 24.3 Å². The molecule has 1 aliphatic heterocycles. The van der Waals surface area contributed by atoms with Gasteiger partial charge in [0.1, 0.15) is 18.1 Å². The van der Waals surface area contributed by atoms with Gasteiger partial charge >= 0.3 is 0 Å². The summed E-state index contributed by atoms with van der Waals surface area (Å²) in [6.45, 7) is 10.2. The second kappa shape index (κ2) is 11.5. The third-order valence-electron chi connectivity index (χ3n) is 5.43. The van der Waals surface area contributed by atoms with Gasteiger partial charge in [0, 0.05) is 18.7 Å². The van der Waals surface area contributed by atoms with E-state index in [1.54, 1.807) is 7.11 Å². The third kappa shape index (κ3) is 6.73. The molecule has 1 aromatic carbocycles. The number of nitrogens with zero attached hydrogens (tertiary/aromatic N) is 4. The van der Waals surface area contributed by atoms with E-state index in [1.165, 1.54) is 25.9 Å². The van der Waals surface area contributed by atoms with Crippen LogP contribution < -0.4 is 15.4 Å². The molecular weight excluding hydrogens is 378 g/mol. The van der Waals surface area contributed by atoms with Gasteiger partial charge in [0.25, 0.3) is 0 Å². The molecule has 0 amide bonds. The number of benzene rings is 1. The first-order valence-corrected chi connectivity index (χ1v) is 11.0. The quantitative estimate of drug-likeness (QED) is 0.333. The highest BCUT2D eigenvalue weighted by molar-refractivity contribution is 5.79. The topological polar surface area (TPSA) is 90.5 Å². The molecule has 8 nitrogen and oxygen atoms in total. The van der Waals surface area contributed by atoms with Crippen molar-refractivity contribution in [3.05, 3.63) is 30.1 Å². The largest absolute Gasteiger partial charge is 0.497 e. The number of aromatic amines is 1. The average molecular weight is 414 g/mol. The summed E-state index contributed by atoms with van der Waals surface area (Å²) in [4.78, 5) is 11.8. The second-order valence-corrected chi connectivity index (χ2v) is 7.83. The Morgan fingerprint density at radius 3 is 2.70 bits per heavy atom. The molecule has 3 N–H and O–H groups in total. The monoisotopic (exact) mass is 413 g/mol. The molecule has 164 valence electrons. The van der Waals surface area contributed by atoms with E-state index >= 15 is 0 Å². The van der Waals surface area contributed by atoms with Crippen molar-refractivity contribution < 1.29 is 4.74 Å². The fourth-order valence-corrected chi connectivity index (χ4v) is 3.53. The molecule has 0 unspecified atom stereocenters. The van der Waals surface area contributed by atoms with Crippen LogP contribution in [0.3, 0.4) is 0 Å². The van der Waals surface area contributed by atoms with Gasteiger partial charge in [-0.05, 0) is 76.0 Å².